The molecule has 0 aromatic heterocycles. The normalized spacial score (nSPS) is 11.3. The van der Waals surface area contributed by atoms with Crippen LogP contribution >= 0.6 is 11.6 Å². The van der Waals surface area contributed by atoms with E-state index in [2.05, 4.69) is 10.0 Å². The maximum Gasteiger partial charge on any atom is 0.271 e. The van der Waals surface area contributed by atoms with Gasteiger partial charge in [-0.05, 0) is 18.9 Å². The zero-order valence-electron chi connectivity index (χ0n) is 11.1. The molecule has 7 nitrogen and oxygen atoms in total. The Balaban J connectivity index is 2.59. The van der Waals surface area contributed by atoms with Crippen LogP contribution in [-0.2, 0) is 10.0 Å². The summed E-state index contributed by atoms with van der Waals surface area (Å²) in [6, 6.07) is 2.72. The Bertz CT molecular complexity index is 581. The summed E-state index contributed by atoms with van der Waals surface area (Å²) >= 11 is 5.99. The number of hydrogen-bond donors (Lipinski definition) is 2. The van der Waals surface area contributed by atoms with E-state index in [9.17, 15) is 18.5 Å². The Hall–Kier alpha value is -1.38. The highest BCUT2D eigenvalue weighted by Crippen LogP contribution is 2.30. The van der Waals surface area contributed by atoms with Crippen LogP contribution in [-0.4, -0.2) is 32.7 Å². The average molecular weight is 322 g/mol. The molecule has 0 saturated heterocycles. The van der Waals surface area contributed by atoms with Crippen molar-refractivity contribution in [2.24, 2.45) is 0 Å². The number of nitro groups is 1. The van der Waals surface area contributed by atoms with E-state index in [0.29, 0.717) is 30.8 Å². The van der Waals surface area contributed by atoms with E-state index in [-0.39, 0.29) is 10.7 Å². The first-order valence-electron chi connectivity index (χ1n) is 5.84. The number of nitro benzene ring substituents is 1. The summed E-state index contributed by atoms with van der Waals surface area (Å²) in [4.78, 5) is 10.2. The minimum atomic E-state index is -3.18. The molecular formula is C11H16ClN3O4S. The minimum Gasteiger partial charge on any atom is -0.384 e. The third kappa shape index (κ3) is 5.32. The smallest absolute Gasteiger partial charge is 0.271 e. The molecule has 0 amide bonds. The number of hydrogen-bond acceptors (Lipinski definition) is 5. The van der Waals surface area contributed by atoms with Gasteiger partial charge in [0.25, 0.3) is 5.69 Å². The maximum atomic E-state index is 10.9. The number of sulfonamides is 1. The number of halogens is 1. The predicted molar refractivity (Wildman–Crippen MR) is 78.8 cm³/mol. The van der Waals surface area contributed by atoms with Gasteiger partial charge in [-0.3, -0.25) is 10.1 Å². The zero-order chi connectivity index (χ0) is 15.3. The largest absolute Gasteiger partial charge is 0.384 e. The molecule has 0 heterocycles. The van der Waals surface area contributed by atoms with Gasteiger partial charge < -0.3 is 5.32 Å². The molecule has 1 aromatic rings. The summed E-state index contributed by atoms with van der Waals surface area (Å²) in [5.41, 5.74) is 1.23. The van der Waals surface area contributed by atoms with E-state index in [4.69, 9.17) is 11.6 Å². The van der Waals surface area contributed by atoms with Gasteiger partial charge in [0.05, 0.1) is 21.9 Å². The first-order chi connectivity index (χ1) is 9.20. The molecule has 1 rings (SSSR count). The fraction of sp³-hybridized carbons (Fsp3) is 0.455. The van der Waals surface area contributed by atoms with Crippen LogP contribution in [0.4, 0.5) is 11.4 Å². The van der Waals surface area contributed by atoms with E-state index in [1.165, 1.54) is 12.1 Å². The molecule has 0 aliphatic heterocycles. The molecule has 0 spiro atoms. The van der Waals surface area contributed by atoms with Gasteiger partial charge in [0.15, 0.2) is 0 Å². The first kappa shape index (κ1) is 16.7. The molecule has 112 valence electrons. The Morgan fingerprint density at radius 3 is 2.50 bits per heavy atom. The SMILES string of the molecule is Cc1cc([N+](=O)[O-])cc(Cl)c1NCCCNS(C)(=O)=O. The van der Waals surface area contributed by atoms with Crippen molar-refractivity contribution < 1.29 is 13.3 Å². The fourth-order valence-corrected chi connectivity index (χ4v) is 2.46. The number of nitrogens with zero attached hydrogens (tertiary/aromatic N) is 1. The summed E-state index contributed by atoms with van der Waals surface area (Å²) in [6.45, 7) is 2.53. The number of anilines is 1. The molecule has 9 heteroatoms. The Morgan fingerprint density at radius 1 is 1.35 bits per heavy atom. The molecule has 2 N–H and O–H groups in total. The first-order valence-corrected chi connectivity index (χ1v) is 8.10. The Morgan fingerprint density at radius 2 is 2.00 bits per heavy atom. The summed E-state index contributed by atoms with van der Waals surface area (Å²) < 4.78 is 24.1. The molecule has 0 bridgehead atoms. The third-order valence-electron chi connectivity index (χ3n) is 2.50. The van der Waals surface area contributed by atoms with Crippen LogP contribution in [0.15, 0.2) is 12.1 Å². The van der Waals surface area contributed by atoms with Crippen molar-refractivity contribution in [1.82, 2.24) is 4.72 Å². The molecule has 0 atom stereocenters. The van der Waals surface area contributed by atoms with Gasteiger partial charge in [-0.15, -0.1) is 0 Å². The highest BCUT2D eigenvalue weighted by Gasteiger charge is 2.12. The van der Waals surface area contributed by atoms with Crippen molar-refractivity contribution in [1.29, 1.82) is 0 Å². The lowest BCUT2D eigenvalue weighted by Crippen LogP contribution is -2.24. The molecule has 0 aliphatic carbocycles. The summed E-state index contributed by atoms with van der Waals surface area (Å²) in [5.74, 6) is 0. The van der Waals surface area contributed by atoms with Crippen molar-refractivity contribution in [2.75, 3.05) is 24.7 Å². The van der Waals surface area contributed by atoms with Crippen LogP contribution in [0.3, 0.4) is 0 Å². The molecule has 0 unspecified atom stereocenters. The Kier molecular flexibility index (Phi) is 5.73. The third-order valence-corrected chi connectivity index (χ3v) is 3.53. The Labute approximate surface area is 122 Å². The van der Waals surface area contributed by atoms with Crippen molar-refractivity contribution in [3.05, 3.63) is 32.8 Å². The second-order valence-electron chi connectivity index (χ2n) is 4.32. The van der Waals surface area contributed by atoms with Crippen LogP contribution in [0.25, 0.3) is 0 Å². The number of rotatable bonds is 7. The summed E-state index contributed by atoms with van der Waals surface area (Å²) in [6.07, 6.45) is 1.66. The van der Waals surface area contributed by atoms with Gasteiger partial charge in [-0.2, -0.15) is 0 Å². The highest BCUT2D eigenvalue weighted by atomic mass is 35.5. The van der Waals surface area contributed by atoms with Crippen LogP contribution in [0, 0.1) is 17.0 Å². The standard InChI is InChI=1S/C11H16ClN3O4S/c1-8-6-9(15(16)17)7-10(12)11(8)13-4-3-5-14-20(2,18)19/h6-7,13-14H,3-5H2,1-2H3. The van der Waals surface area contributed by atoms with Crippen LogP contribution in [0.2, 0.25) is 5.02 Å². The monoisotopic (exact) mass is 321 g/mol. The van der Waals surface area contributed by atoms with Crippen molar-refractivity contribution in [3.63, 3.8) is 0 Å². The van der Waals surface area contributed by atoms with Crippen LogP contribution in [0.1, 0.15) is 12.0 Å². The van der Waals surface area contributed by atoms with E-state index in [0.717, 1.165) is 6.26 Å². The van der Waals surface area contributed by atoms with Gasteiger partial charge in [-0.1, -0.05) is 11.6 Å². The van der Waals surface area contributed by atoms with Gasteiger partial charge in [0.1, 0.15) is 0 Å². The average Bonchev–Trinajstić information content (AvgIpc) is 2.29. The lowest BCUT2D eigenvalue weighted by molar-refractivity contribution is -0.384. The maximum absolute atomic E-state index is 10.9. The second kappa shape index (κ2) is 6.87. The van der Waals surface area contributed by atoms with Crippen molar-refractivity contribution in [3.8, 4) is 0 Å². The van der Waals surface area contributed by atoms with E-state index < -0.39 is 14.9 Å². The van der Waals surface area contributed by atoms with Crippen molar-refractivity contribution in [2.45, 2.75) is 13.3 Å². The molecular weight excluding hydrogens is 306 g/mol. The minimum absolute atomic E-state index is 0.0585. The fourth-order valence-electron chi connectivity index (χ4n) is 1.61. The summed E-state index contributed by atoms with van der Waals surface area (Å²) in [5, 5.41) is 14.0. The number of aryl methyl sites for hydroxylation is 1. The molecule has 20 heavy (non-hydrogen) atoms. The topological polar surface area (TPSA) is 101 Å². The van der Waals surface area contributed by atoms with E-state index in [1.807, 2.05) is 0 Å². The van der Waals surface area contributed by atoms with Crippen LogP contribution < -0.4 is 10.0 Å². The van der Waals surface area contributed by atoms with Gasteiger partial charge >= 0.3 is 0 Å². The lowest BCUT2D eigenvalue weighted by Gasteiger charge is -2.11. The van der Waals surface area contributed by atoms with Gasteiger partial charge in [0, 0.05) is 25.2 Å². The number of non-ortho nitro benzene ring substituents is 1. The van der Waals surface area contributed by atoms with Gasteiger partial charge in [0.2, 0.25) is 10.0 Å². The summed E-state index contributed by atoms with van der Waals surface area (Å²) in [7, 11) is -3.18. The number of benzene rings is 1. The predicted octanol–water partition coefficient (Wildman–Crippen LogP) is 1.91. The van der Waals surface area contributed by atoms with Gasteiger partial charge in [-0.25, -0.2) is 13.1 Å². The van der Waals surface area contributed by atoms with E-state index in [1.54, 1.807) is 6.92 Å². The zero-order valence-corrected chi connectivity index (χ0v) is 12.7. The molecule has 0 fully saturated rings. The quantitative estimate of drug-likeness (QED) is 0.454. The molecule has 0 radical (unpaired) electrons. The molecule has 0 saturated carbocycles. The van der Waals surface area contributed by atoms with Crippen molar-refractivity contribution >= 4 is 33.0 Å². The molecule has 1 aromatic carbocycles. The highest BCUT2D eigenvalue weighted by molar-refractivity contribution is 7.88. The lowest BCUT2D eigenvalue weighted by atomic mass is 10.1. The second-order valence-corrected chi connectivity index (χ2v) is 6.56. The van der Waals surface area contributed by atoms with E-state index >= 15 is 0 Å². The van der Waals surface area contributed by atoms with Crippen LogP contribution in [0.5, 0.6) is 0 Å². The molecule has 0 aliphatic rings. The number of nitrogens with one attached hydrogen (secondary N) is 2.